The second-order valence-electron chi connectivity index (χ2n) is 3.30. The third kappa shape index (κ3) is 1.82. The van der Waals surface area contributed by atoms with Gasteiger partial charge in [0.1, 0.15) is 0 Å². The minimum absolute atomic E-state index is 0.0269. The summed E-state index contributed by atoms with van der Waals surface area (Å²) in [6.45, 7) is 0. The Hall–Kier alpha value is -2.46. The molecule has 0 spiro atoms. The third-order valence-corrected chi connectivity index (χ3v) is 2.25. The summed E-state index contributed by atoms with van der Waals surface area (Å²) >= 11 is 0. The van der Waals surface area contributed by atoms with Gasteiger partial charge in [0.25, 0.3) is 0 Å². The number of hydrogen-bond acceptors (Lipinski definition) is 2. The predicted molar refractivity (Wildman–Crippen MR) is 58.4 cm³/mol. The molecule has 0 bridgehead atoms. The SMILES string of the molecule is [N-]=[N+]=Nc1ccc2c(CC(=O)O)c[nH]c2c1. The zero-order chi connectivity index (χ0) is 11.5. The van der Waals surface area contributed by atoms with Gasteiger partial charge in [-0.15, -0.1) is 0 Å². The van der Waals surface area contributed by atoms with E-state index in [4.69, 9.17) is 10.6 Å². The maximum Gasteiger partial charge on any atom is 0.307 e. The number of carbonyl (C=O) groups is 1. The van der Waals surface area contributed by atoms with Gasteiger partial charge in [0.15, 0.2) is 0 Å². The van der Waals surface area contributed by atoms with Gasteiger partial charge in [-0.1, -0.05) is 17.2 Å². The van der Waals surface area contributed by atoms with Crippen LogP contribution in [0.1, 0.15) is 5.56 Å². The Morgan fingerprint density at radius 3 is 3.06 bits per heavy atom. The van der Waals surface area contributed by atoms with Crippen LogP contribution in [0.25, 0.3) is 21.3 Å². The van der Waals surface area contributed by atoms with Gasteiger partial charge in [-0.05, 0) is 17.2 Å². The van der Waals surface area contributed by atoms with E-state index in [-0.39, 0.29) is 6.42 Å². The van der Waals surface area contributed by atoms with E-state index in [0.717, 1.165) is 16.5 Å². The van der Waals surface area contributed by atoms with Crippen LogP contribution in [0.2, 0.25) is 0 Å². The van der Waals surface area contributed by atoms with Crippen molar-refractivity contribution in [3.05, 3.63) is 40.4 Å². The number of benzene rings is 1. The number of aromatic amines is 1. The van der Waals surface area contributed by atoms with Crippen molar-refractivity contribution in [2.45, 2.75) is 6.42 Å². The van der Waals surface area contributed by atoms with Crippen molar-refractivity contribution in [2.24, 2.45) is 5.11 Å². The summed E-state index contributed by atoms with van der Waals surface area (Å²) in [4.78, 5) is 16.2. The normalized spacial score (nSPS) is 10.0. The molecule has 16 heavy (non-hydrogen) atoms. The van der Waals surface area contributed by atoms with Crippen LogP contribution in [-0.2, 0) is 11.2 Å². The molecule has 6 nitrogen and oxygen atoms in total. The largest absolute Gasteiger partial charge is 0.481 e. The van der Waals surface area contributed by atoms with Crippen LogP contribution < -0.4 is 0 Å². The zero-order valence-corrected chi connectivity index (χ0v) is 8.21. The highest BCUT2D eigenvalue weighted by Crippen LogP contribution is 2.23. The molecule has 0 fully saturated rings. The first-order valence-electron chi connectivity index (χ1n) is 4.57. The monoisotopic (exact) mass is 216 g/mol. The topological polar surface area (TPSA) is 102 Å². The van der Waals surface area contributed by atoms with Gasteiger partial charge >= 0.3 is 5.97 Å². The smallest absolute Gasteiger partial charge is 0.307 e. The third-order valence-electron chi connectivity index (χ3n) is 2.25. The quantitative estimate of drug-likeness (QED) is 0.468. The van der Waals surface area contributed by atoms with Gasteiger partial charge in [0.05, 0.1) is 6.42 Å². The molecular formula is C10H8N4O2. The van der Waals surface area contributed by atoms with Crippen molar-refractivity contribution < 1.29 is 9.90 Å². The summed E-state index contributed by atoms with van der Waals surface area (Å²) < 4.78 is 0. The van der Waals surface area contributed by atoms with Gasteiger partial charge in [-0.3, -0.25) is 4.79 Å². The molecule has 0 saturated carbocycles. The van der Waals surface area contributed by atoms with Gasteiger partial charge < -0.3 is 10.1 Å². The van der Waals surface area contributed by atoms with Crippen molar-refractivity contribution in [3.8, 4) is 0 Å². The number of fused-ring (bicyclic) bond motifs is 1. The van der Waals surface area contributed by atoms with E-state index < -0.39 is 5.97 Å². The number of carboxylic acid groups (broad SMARTS) is 1. The Labute approximate surface area is 90.1 Å². The Morgan fingerprint density at radius 2 is 2.38 bits per heavy atom. The van der Waals surface area contributed by atoms with E-state index in [9.17, 15) is 4.79 Å². The molecular weight excluding hydrogens is 208 g/mol. The van der Waals surface area contributed by atoms with Crippen LogP contribution in [0.4, 0.5) is 5.69 Å². The summed E-state index contributed by atoms with van der Waals surface area (Å²) in [7, 11) is 0. The van der Waals surface area contributed by atoms with Crippen molar-refractivity contribution in [1.82, 2.24) is 4.98 Å². The van der Waals surface area contributed by atoms with E-state index in [1.807, 2.05) is 0 Å². The first kappa shape index (κ1) is 10.1. The lowest BCUT2D eigenvalue weighted by atomic mass is 10.1. The van der Waals surface area contributed by atoms with Crippen LogP contribution in [0.15, 0.2) is 29.5 Å². The highest BCUT2D eigenvalue weighted by Gasteiger charge is 2.07. The minimum Gasteiger partial charge on any atom is -0.481 e. The first-order chi connectivity index (χ1) is 7.70. The van der Waals surface area contributed by atoms with Crippen LogP contribution in [0, 0.1) is 0 Å². The molecule has 0 unspecified atom stereocenters. The number of nitrogens with one attached hydrogen (secondary N) is 1. The summed E-state index contributed by atoms with van der Waals surface area (Å²) in [5.74, 6) is -0.875. The summed E-state index contributed by atoms with van der Waals surface area (Å²) in [5.41, 5.74) is 10.3. The highest BCUT2D eigenvalue weighted by atomic mass is 16.4. The molecule has 0 aliphatic rings. The van der Waals surface area contributed by atoms with Crippen molar-refractivity contribution >= 4 is 22.6 Å². The number of rotatable bonds is 3. The molecule has 0 amide bonds. The van der Waals surface area contributed by atoms with E-state index in [1.165, 1.54) is 0 Å². The van der Waals surface area contributed by atoms with Crippen LogP contribution in [0.3, 0.4) is 0 Å². The van der Waals surface area contributed by atoms with E-state index in [2.05, 4.69) is 15.0 Å². The molecule has 2 aromatic rings. The zero-order valence-electron chi connectivity index (χ0n) is 8.21. The Balaban J connectivity index is 2.50. The Morgan fingerprint density at radius 1 is 1.56 bits per heavy atom. The first-order valence-corrected chi connectivity index (χ1v) is 4.57. The lowest BCUT2D eigenvalue weighted by Gasteiger charge is -1.95. The number of aromatic nitrogens is 1. The number of hydrogen-bond donors (Lipinski definition) is 2. The summed E-state index contributed by atoms with van der Waals surface area (Å²) in [5, 5.41) is 13.0. The second-order valence-corrected chi connectivity index (χ2v) is 3.30. The van der Waals surface area contributed by atoms with E-state index in [0.29, 0.717) is 5.69 Å². The number of H-pyrrole nitrogens is 1. The number of aliphatic carboxylic acids is 1. The summed E-state index contributed by atoms with van der Waals surface area (Å²) in [6.07, 6.45) is 1.62. The minimum atomic E-state index is -0.875. The van der Waals surface area contributed by atoms with Gasteiger partial charge in [-0.2, -0.15) is 0 Å². The van der Waals surface area contributed by atoms with E-state index in [1.54, 1.807) is 24.4 Å². The Kier molecular flexibility index (Phi) is 2.49. The predicted octanol–water partition coefficient (Wildman–Crippen LogP) is 2.74. The highest BCUT2D eigenvalue weighted by molar-refractivity contribution is 5.88. The molecule has 6 heteroatoms. The fourth-order valence-electron chi connectivity index (χ4n) is 1.60. The molecule has 80 valence electrons. The fraction of sp³-hybridized carbons (Fsp3) is 0.100. The Bertz CT molecular complexity index is 596. The van der Waals surface area contributed by atoms with Gasteiger partial charge in [0.2, 0.25) is 0 Å². The van der Waals surface area contributed by atoms with Crippen molar-refractivity contribution in [2.75, 3.05) is 0 Å². The molecule has 1 aromatic heterocycles. The lowest BCUT2D eigenvalue weighted by molar-refractivity contribution is -0.136. The molecule has 2 N–H and O–H groups in total. The van der Waals surface area contributed by atoms with Crippen molar-refractivity contribution in [1.29, 1.82) is 0 Å². The van der Waals surface area contributed by atoms with Gasteiger partial charge in [0, 0.05) is 27.7 Å². The molecule has 0 saturated heterocycles. The van der Waals surface area contributed by atoms with Gasteiger partial charge in [-0.25, -0.2) is 0 Å². The average Bonchev–Trinajstić information content (AvgIpc) is 2.61. The maximum absolute atomic E-state index is 10.6. The molecule has 0 radical (unpaired) electrons. The second kappa shape index (κ2) is 3.96. The average molecular weight is 216 g/mol. The number of azide groups is 1. The molecule has 1 aromatic carbocycles. The number of nitrogens with zero attached hydrogens (tertiary/aromatic N) is 3. The molecule has 0 atom stereocenters. The fourth-order valence-corrected chi connectivity index (χ4v) is 1.60. The van der Waals surface area contributed by atoms with Crippen molar-refractivity contribution in [3.63, 3.8) is 0 Å². The standard InChI is InChI=1S/C10H8N4O2/c11-14-13-7-1-2-8-6(3-10(15)16)5-12-9(8)4-7/h1-2,4-5,12H,3H2,(H,15,16). The van der Waals surface area contributed by atoms with Crippen LogP contribution in [-0.4, -0.2) is 16.1 Å². The lowest BCUT2D eigenvalue weighted by Crippen LogP contribution is -1.98. The molecule has 1 heterocycles. The number of carboxylic acids is 1. The summed E-state index contributed by atoms with van der Waals surface area (Å²) in [6, 6.07) is 5.08. The molecule has 2 rings (SSSR count). The van der Waals surface area contributed by atoms with E-state index >= 15 is 0 Å². The molecule has 0 aliphatic heterocycles. The maximum atomic E-state index is 10.6. The van der Waals surface area contributed by atoms with Crippen LogP contribution in [0.5, 0.6) is 0 Å². The molecule has 0 aliphatic carbocycles. The van der Waals surface area contributed by atoms with Crippen LogP contribution >= 0.6 is 0 Å².